The maximum Gasteiger partial charge on any atom is 0.416 e. The number of amides is 1. The van der Waals surface area contributed by atoms with E-state index in [1.807, 2.05) is 12.1 Å². The minimum atomic E-state index is -4.57. The topological polar surface area (TPSA) is 85.5 Å². The first-order valence-electron chi connectivity index (χ1n) is 14.7. The van der Waals surface area contributed by atoms with Gasteiger partial charge in [-0.2, -0.15) is 30.6 Å². The van der Waals surface area contributed by atoms with Crippen LogP contribution in [0.5, 0.6) is 0 Å². The Morgan fingerprint density at radius 3 is 2.07 bits per heavy atom. The molecule has 0 aliphatic carbocycles. The van der Waals surface area contributed by atoms with Crippen LogP contribution in [-0.2, 0) is 41.9 Å². The number of sulfonamides is 1. The first-order valence-corrected chi connectivity index (χ1v) is 16.1. The van der Waals surface area contributed by atoms with Crippen LogP contribution >= 0.6 is 0 Å². The Hall–Kier alpha value is -3.88. The van der Waals surface area contributed by atoms with E-state index in [-0.39, 0.29) is 29.9 Å². The van der Waals surface area contributed by atoms with Gasteiger partial charge in [-0.05, 0) is 78.6 Å². The van der Waals surface area contributed by atoms with Crippen LogP contribution in [-0.4, -0.2) is 54.2 Å². The van der Waals surface area contributed by atoms with Crippen LogP contribution in [0.15, 0.2) is 71.6 Å². The Bertz CT molecular complexity index is 1840. The molecule has 0 saturated carbocycles. The summed E-state index contributed by atoms with van der Waals surface area (Å²) in [6.07, 6.45) is -7.55. The highest BCUT2D eigenvalue weighted by Gasteiger charge is 2.34. The lowest BCUT2D eigenvalue weighted by atomic mass is 10.0. The maximum atomic E-state index is 13.2. The quantitative estimate of drug-likeness (QED) is 0.236. The van der Waals surface area contributed by atoms with Gasteiger partial charge in [0.15, 0.2) is 0 Å². The van der Waals surface area contributed by atoms with Crippen molar-refractivity contribution in [3.63, 3.8) is 0 Å². The largest absolute Gasteiger partial charge is 0.416 e. The molecule has 1 amide bonds. The number of carbonyl (C=O) groups is 1. The minimum Gasteiger partial charge on any atom is -0.358 e. The molecule has 2 N–H and O–H groups in total. The van der Waals surface area contributed by atoms with Gasteiger partial charge < -0.3 is 10.3 Å². The van der Waals surface area contributed by atoms with Gasteiger partial charge in [0.25, 0.3) is 5.91 Å². The van der Waals surface area contributed by atoms with Crippen molar-refractivity contribution >= 4 is 26.8 Å². The highest BCUT2D eigenvalue weighted by atomic mass is 32.2. The van der Waals surface area contributed by atoms with Crippen LogP contribution in [0.3, 0.4) is 0 Å². The molecule has 0 atom stereocenters. The van der Waals surface area contributed by atoms with Gasteiger partial charge in [-0.15, -0.1) is 0 Å². The number of H-pyrrole nitrogens is 1. The predicted molar refractivity (Wildman–Crippen MR) is 158 cm³/mol. The molecule has 1 aromatic heterocycles. The van der Waals surface area contributed by atoms with Crippen molar-refractivity contribution in [2.24, 2.45) is 0 Å². The molecule has 0 unspecified atom stereocenters. The number of hydrogen-bond donors (Lipinski definition) is 2. The zero-order chi connectivity index (χ0) is 32.9. The number of nitrogens with zero attached hydrogens (tertiary/aromatic N) is 2. The third-order valence-corrected chi connectivity index (χ3v) is 10.5. The third kappa shape index (κ3) is 6.65. The molecular weight excluding hydrogens is 634 g/mol. The van der Waals surface area contributed by atoms with E-state index in [1.54, 1.807) is 6.07 Å². The Balaban J connectivity index is 1.08. The summed E-state index contributed by atoms with van der Waals surface area (Å²) in [5.41, 5.74) is 2.56. The normalized spacial score (nSPS) is 17.3. The van der Waals surface area contributed by atoms with Crippen molar-refractivity contribution in [2.45, 2.75) is 55.6 Å². The van der Waals surface area contributed by atoms with E-state index in [4.69, 9.17) is 0 Å². The van der Waals surface area contributed by atoms with E-state index in [0.29, 0.717) is 31.5 Å². The Morgan fingerprint density at radius 2 is 1.46 bits per heavy atom. The third-order valence-electron chi connectivity index (χ3n) is 8.61. The van der Waals surface area contributed by atoms with E-state index in [9.17, 15) is 39.6 Å². The maximum absolute atomic E-state index is 13.2. The number of halogens is 6. The molecule has 0 radical (unpaired) electrons. The molecule has 1 fully saturated rings. The van der Waals surface area contributed by atoms with Crippen LogP contribution in [0, 0.1) is 0 Å². The summed E-state index contributed by atoms with van der Waals surface area (Å²) in [5, 5.41) is 3.86. The standard InChI is InChI=1S/C32H30F6N4O3S/c33-31(34,35)22-4-1-20(2-5-22)18-41-14-13-29-27(19-41)26-17-21(3-10-28(26)40-29)30(43)39-24-11-15-42(16-12-24)46(44,45)25-8-6-23(7-9-25)32(36,37)38/h1-10,17,24,40H,11-16,18-19H2,(H,39,43). The van der Waals surface area contributed by atoms with Gasteiger partial charge >= 0.3 is 12.4 Å². The van der Waals surface area contributed by atoms with Gasteiger partial charge in [-0.3, -0.25) is 9.69 Å². The average Bonchev–Trinajstić information content (AvgIpc) is 3.38. The van der Waals surface area contributed by atoms with Gasteiger partial charge in [0.05, 0.1) is 16.0 Å². The number of aromatic nitrogens is 1. The molecule has 4 aromatic rings. The second-order valence-corrected chi connectivity index (χ2v) is 13.6. The van der Waals surface area contributed by atoms with Gasteiger partial charge in [-0.25, -0.2) is 8.42 Å². The van der Waals surface area contributed by atoms with Gasteiger partial charge in [0, 0.05) is 67.3 Å². The molecular formula is C32H30F6N4O3S. The van der Waals surface area contributed by atoms with Crippen molar-refractivity contribution in [1.82, 2.24) is 19.5 Å². The van der Waals surface area contributed by atoms with Crippen LogP contribution in [0.2, 0.25) is 0 Å². The van der Waals surface area contributed by atoms with E-state index in [2.05, 4.69) is 15.2 Å². The second kappa shape index (κ2) is 12.0. The van der Waals surface area contributed by atoms with E-state index in [0.717, 1.165) is 77.1 Å². The number of rotatable bonds is 6. The predicted octanol–water partition coefficient (Wildman–Crippen LogP) is 6.35. The number of aromatic amines is 1. The molecule has 0 bridgehead atoms. The first-order chi connectivity index (χ1) is 21.7. The number of carbonyl (C=O) groups excluding carboxylic acids is 1. The molecule has 0 spiro atoms. The van der Waals surface area contributed by atoms with Crippen molar-refractivity contribution < 1.29 is 39.6 Å². The lowest BCUT2D eigenvalue weighted by Gasteiger charge is -2.31. The smallest absolute Gasteiger partial charge is 0.358 e. The average molecular weight is 665 g/mol. The number of nitrogens with one attached hydrogen (secondary N) is 2. The van der Waals surface area contributed by atoms with E-state index >= 15 is 0 Å². The molecule has 2 aliphatic rings. The lowest BCUT2D eigenvalue weighted by molar-refractivity contribution is -0.138. The summed E-state index contributed by atoms with van der Waals surface area (Å²) in [6.45, 7) is 1.98. The molecule has 1 saturated heterocycles. The summed E-state index contributed by atoms with van der Waals surface area (Å²) >= 11 is 0. The molecule has 244 valence electrons. The summed E-state index contributed by atoms with van der Waals surface area (Å²) in [4.78, 5) is 18.6. The molecule has 3 heterocycles. The lowest BCUT2D eigenvalue weighted by Crippen LogP contribution is -2.46. The van der Waals surface area contributed by atoms with Crippen molar-refractivity contribution in [3.05, 3.63) is 100 Å². The van der Waals surface area contributed by atoms with Gasteiger partial charge in [0.2, 0.25) is 10.0 Å². The molecule has 46 heavy (non-hydrogen) atoms. The summed E-state index contributed by atoms with van der Waals surface area (Å²) in [5.74, 6) is -0.307. The fourth-order valence-electron chi connectivity index (χ4n) is 6.08. The second-order valence-electron chi connectivity index (χ2n) is 11.7. The van der Waals surface area contributed by atoms with Crippen molar-refractivity contribution in [2.75, 3.05) is 19.6 Å². The van der Waals surface area contributed by atoms with Crippen LogP contribution in [0.1, 0.15) is 51.1 Å². The fraction of sp³-hybridized carbons (Fsp3) is 0.344. The Kier molecular flexibility index (Phi) is 8.40. The molecule has 2 aliphatic heterocycles. The van der Waals surface area contributed by atoms with Gasteiger partial charge in [0.1, 0.15) is 0 Å². The summed E-state index contributed by atoms with van der Waals surface area (Å²) < 4.78 is 105. The number of piperidine rings is 1. The number of benzene rings is 3. The zero-order valence-corrected chi connectivity index (χ0v) is 25.2. The SMILES string of the molecule is O=C(NC1CCN(S(=O)(=O)c2ccc(C(F)(F)F)cc2)CC1)c1ccc2[nH]c3c(c2c1)CN(Cc1ccc(C(F)(F)F)cc1)CC3. The Morgan fingerprint density at radius 1 is 0.848 bits per heavy atom. The highest BCUT2D eigenvalue weighted by molar-refractivity contribution is 7.89. The molecule has 6 rings (SSSR count). The number of hydrogen-bond acceptors (Lipinski definition) is 4. The van der Waals surface area contributed by atoms with E-state index in [1.165, 1.54) is 16.4 Å². The fourth-order valence-corrected chi connectivity index (χ4v) is 7.55. The van der Waals surface area contributed by atoms with Crippen LogP contribution in [0.25, 0.3) is 10.9 Å². The highest BCUT2D eigenvalue weighted by Crippen LogP contribution is 2.33. The monoisotopic (exact) mass is 664 g/mol. The van der Waals surface area contributed by atoms with Gasteiger partial charge in [-0.1, -0.05) is 12.1 Å². The summed E-state index contributed by atoms with van der Waals surface area (Å²) in [6, 6.07) is 13.6. The van der Waals surface area contributed by atoms with E-state index < -0.39 is 33.5 Å². The molecule has 14 heteroatoms. The number of alkyl halides is 6. The Labute approximate surface area is 261 Å². The minimum absolute atomic E-state index is 0.105. The van der Waals surface area contributed by atoms with Crippen LogP contribution < -0.4 is 5.32 Å². The zero-order valence-electron chi connectivity index (χ0n) is 24.4. The van der Waals surface area contributed by atoms with Crippen molar-refractivity contribution in [1.29, 1.82) is 0 Å². The van der Waals surface area contributed by atoms with Crippen molar-refractivity contribution in [3.8, 4) is 0 Å². The van der Waals surface area contributed by atoms with Crippen LogP contribution in [0.4, 0.5) is 26.3 Å². The summed E-state index contributed by atoms with van der Waals surface area (Å²) in [7, 11) is -3.99. The first kappa shape index (κ1) is 32.1. The number of fused-ring (bicyclic) bond motifs is 3. The molecule has 7 nitrogen and oxygen atoms in total. The molecule has 3 aromatic carbocycles.